The van der Waals surface area contributed by atoms with Crippen LogP contribution in [0.3, 0.4) is 0 Å². The summed E-state index contributed by atoms with van der Waals surface area (Å²) in [5, 5.41) is 17.2. The lowest BCUT2D eigenvalue weighted by Gasteiger charge is -2.32. The van der Waals surface area contributed by atoms with Crippen LogP contribution in [0.25, 0.3) is 0 Å². The fourth-order valence-corrected chi connectivity index (χ4v) is 3.89. The number of rotatable bonds is 5. The zero-order valence-electron chi connectivity index (χ0n) is 16.8. The van der Waals surface area contributed by atoms with E-state index in [-0.39, 0.29) is 22.2 Å². The maximum Gasteiger partial charge on any atom is 0.270 e. The van der Waals surface area contributed by atoms with Crippen LogP contribution < -0.4 is 15.6 Å². The predicted molar refractivity (Wildman–Crippen MR) is 125 cm³/mol. The number of amidine groups is 1. The number of nitro groups is 1. The van der Waals surface area contributed by atoms with Crippen molar-refractivity contribution < 1.29 is 14.5 Å². The van der Waals surface area contributed by atoms with Crippen molar-refractivity contribution in [3.63, 3.8) is 0 Å². The molecular formula is C20H19ClN6O4S. The minimum atomic E-state index is -0.542. The Kier molecular flexibility index (Phi) is 6.33. The molecule has 12 heteroatoms. The summed E-state index contributed by atoms with van der Waals surface area (Å²) in [7, 11) is 0. The number of benzene rings is 2. The Hall–Kier alpha value is -3.12. The highest BCUT2D eigenvalue weighted by Crippen LogP contribution is 2.34. The van der Waals surface area contributed by atoms with E-state index in [0.717, 1.165) is 0 Å². The third kappa shape index (κ3) is 4.28. The van der Waals surface area contributed by atoms with Gasteiger partial charge in [-0.1, -0.05) is 23.7 Å². The highest BCUT2D eigenvalue weighted by Gasteiger charge is 2.37. The number of fused-ring (bicyclic) bond motifs is 1. The lowest BCUT2D eigenvalue weighted by Crippen LogP contribution is -2.47. The van der Waals surface area contributed by atoms with Crippen LogP contribution in [0.5, 0.6) is 0 Å². The van der Waals surface area contributed by atoms with Gasteiger partial charge in [0.2, 0.25) is 11.6 Å². The molecule has 2 aromatic rings. The van der Waals surface area contributed by atoms with Crippen LogP contribution in [0.15, 0.2) is 47.6 Å². The van der Waals surface area contributed by atoms with Gasteiger partial charge in [0.1, 0.15) is 0 Å². The molecule has 2 aliphatic rings. The highest BCUT2D eigenvalue weighted by atomic mass is 35.5. The first kappa shape index (κ1) is 22.1. The van der Waals surface area contributed by atoms with Gasteiger partial charge in [-0.2, -0.15) is 0 Å². The van der Waals surface area contributed by atoms with Crippen LogP contribution in [0.4, 0.5) is 17.1 Å². The molecule has 32 heavy (non-hydrogen) atoms. The molecule has 1 fully saturated rings. The van der Waals surface area contributed by atoms with Gasteiger partial charge in [-0.25, -0.2) is 5.01 Å². The molecule has 1 saturated heterocycles. The summed E-state index contributed by atoms with van der Waals surface area (Å²) in [5.74, 6) is -0.426. The van der Waals surface area contributed by atoms with Gasteiger partial charge in [0.25, 0.3) is 5.69 Å². The first-order valence-corrected chi connectivity index (χ1v) is 10.5. The molecule has 0 aliphatic carbocycles. The maximum absolute atomic E-state index is 13.3. The van der Waals surface area contributed by atoms with Crippen molar-refractivity contribution in [3.8, 4) is 0 Å². The molecule has 2 heterocycles. The fourth-order valence-electron chi connectivity index (χ4n) is 3.54. The topological polar surface area (TPSA) is 118 Å². The second-order valence-corrected chi connectivity index (χ2v) is 7.94. The molecule has 0 aromatic heterocycles. The quantitative estimate of drug-likeness (QED) is 0.396. The van der Waals surface area contributed by atoms with Gasteiger partial charge in [0.05, 0.1) is 46.8 Å². The summed E-state index contributed by atoms with van der Waals surface area (Å²) in [5.41, 5.74) is 6.85. The van der Waals surface area contributed by atoms with E-state index in [4.69, 9.17) is 34.3 Å². The van der Waals surface area contributed by atoms with Crippen LogP contribution in [0, 0.1) is 10.1 Å². The van der Waals surface area contributed by atoms with E-state index < -0.39 is 10.7 Å². The summed E-state index contributed by atoms with van der Waals surface area (Å²) in [6.45, 7) is 2.82. The van der Waals surface area contributed by atoms with Gasteiger partial charge in [0.15, 0.2) is 5.11 Å². The molecule has 166 valence electrons. The molecule has 0 saturated carbocycles. The number of hydrogen-bond acceptors (Lipinski definition) is 7. The van der Waals surface area contributed by atoms with Crippen LogP contribution >= 0.6 is 23.8 Å². The number of carbonyl (C=O) groups excluding carboxylic acids is 1. The summed E-state index contributed by atoms with van der Waals surface area (Å²) >= 11 is 11.5. The third-order valence-electron chi connectivity index (χ3n) is 5.11. The van der Waals surface area contributed by atoms with Gasteiger partial charge in [-0.3, -0.25) is 19.8 Å². The number of para-hydroxylation sites is 1. The number of nitrogens with two attached hydrogens (primary N) is 1. The molecule has 0 bridgehead atoms. The second kappa shape index (κ2) is 9.17. The third-order valence-corrected chi connectivity index (χ3v) is 5.61. The zero-order chi connectivity index (χ0) is 22.8. The number of halogens is 1. The monoisotopic (exact) mass is 474 g/mol. The normalized spacial score (nSPS) is 17.5. The number of hydrogen-bond donors (Lipinski definition) is 1. The predicted octanol–water partition coefficient (Wildman–Crippen LogP) is 2.60. The molecule has 4 rings (SSSR count). The molecule has 2 N–H and O–H groups in total. The Morgan fingerprint density at radius 1 is 1.28 bits per heavy atom. The molecule has 0 spiro atoms. The number of hydrazone groups is 1. The molecule has 2 aliphatic heterocycles. The molecule has 0 unspecified atom stereocenters. The Bertz CT molecular complexity index is 1120. The molecule has 0 amide bonds. The number of Topliss-reactive ketones (excluding diaryl/α,β-unsaturated/α-hetero) is 1. The van der Waals surface area contributed by atoms with E-state index in [9.17, 15) is 14.9 Å². The molecule has 0 atom stereocenters. The Balaban J connectivity index is 1.79. The number of thiocarbonyl (C=S) groups is 1. The Morgan fingerprint density at radius 2 is 2.00 bits per heavy atom. The lowest BCUT2D eigenvalue weighted by atomic mass is 10.1. The van der Waals surface area contributed by atoms with E-state index in [1.807, 2.05) is 0 Å². The second-order valence-electron chi connectivity index (χ2n) is 7.11. The van der Waals surface area contributed by atoms with Gasteiger partial charge in [-0.15, -0.1) is 5.10 Å². The zero-order valence-corrected chi connectivity index (χ0v) is 18.4. The highest BCUT2D eigenvalue weighted by molar-refractivity contribution is 7.80. The van der Waals surface area contributed by atoms with Crippen molar-refractivity contribution in [2.45, 2.75) is 0 Å². The first-order valence-electron chi connectivity index (χ1n) is 9.70. The number of anilines is 2. The average Bonchev–Trinajstić information content (AvgIpc) is 3.03. The van der Waals surface area contributed by atoms with E-state index in [2.05, 4.69) is 10.0 Å². The van der Waals surface area contributed by atoms with E-state index in [1.165, 1.54) is 17.1 Å². The van der Waals surface area contributed by atoms with Gasteiger partial charge >= 0.3 is 0 Å². The fraction of sp³-hybridized carbons (Fsp3) is 0.250. The van der Waals surface area contributed by atoms with Crippen LogP contribution in [0.1, 0.15) is 10.4 Å². The van der Waals surface area contributed by atoms with Gasteiger partial charge in [0, 0.05) is 25.2 Å². The van der Waals surface area contributed by atoms with Crippen LogP contribution in [-0.4, -0.2) is 59.5 Å². The van der Waals surface area contributed by atoms with Crippen molar-refractivity contribution in [3.05, 3.63) is 63.2 Å². The molecule has 2 aromatic carbocycles. The summed E-state index contributed by atoms with van der Waals surface area (Å²) in [6, 6.07) is 11.0. The lowest BCUT2D eigenvalue weighted by molar-refractivity contribution is -0.384. The van der Waals surface area contributed by atoms with Crippen LogP contribution in [-0.2, 0) is 4.74 Å². The minimum Gasteiger partial charge on any atom is -0.379 e. The van der Waals surface area contributed by atoms with Gasteiger partial charge in [-0.05, 0) is 30.4 Å². The van der Waals surface area contributed by atoms with E-state index in [0.29, 0.717) is 49.4 Å². The summed E-state index contributed by atoms with van der Waals surface area (Å²) < 4.78 is 5.40. The summed E-state index contributed by atoms with van der Waals surface area (Å²) in [4.78, 5) is 27.8. The molecule has 0 radical (unpaired) electrons. The number of ether oxygens (including phenoxy) is 1. The largest absolute Gasteiger partial charge is 0.379 e. The number of nitro benzene ring substituents is 1. The SMILES string of the molecule is NC(=S)N(N=C1C(=O)c2cc([N+](=O)[O-])ccc2N1CN1CCOCC1)c1ccccc1Cl. The van der Waals surface area contributed by atoms with Gasteiger partial charge < -0.3 is 15.4 Å². The summed E-state index contributed by atoms with van der Waals surface area (Å²) in [6.07, 6.45) is 0. The number of carbonyl (C=O) groups is 1. The van der Waals surface area contributed by atoms with Crippen molar-refractivity contribution in [2.24, 2.45) is 10.8 Å². The van der Waals surface area contributed by atoms with Crippen molar-refractivity contribution in [1.29, 1.82) is 0 Å². The van der Waals surface area contributed by atoms with Crippen molar-refractivity contribution in [2.75, 3.05) is 42.9 Å². The van der Waals surface area contributed by atoms with E-state index >= 15 is 0 Å². The first-order chi connectivity index (χ1) is 15.4. The average molecular weight is 475 g/mol. The smallest absolute Gasteiger partial charge is 0.270 e. The Labute approximate surface area is 193 Å². The maximum atomic E-state index is 13.3. The van der Waals surface area contributed by atoms with Crippen LogP contribution in [0.2, 0.25) is 5.02 Å². The number of morpholine rings is 1. The van der Waals surface area contributed by atoms with E-state index in [1.54, 1.807) is 35.2 Å². The van der Waals surface area contributed by atoms with Crippen molar-refractivity contribution in [1.82, 2.24) is 4.90 Å². The number of non-ortho nitro benzene ring substituents is 1. The molecule has 10 nitrogen and oxygen atoms in total. The number of ketones is 1. The standard InChI is InChI=1S/C20H19ClN6O4S/c21-15-3-1-2-4-17(15)26(20(22)32)23-19-18(28)14-11-13(27(29)30)5-6-16(14)25(19)12-24-7-9-31-10-8-24/h1-6,11H,7-10,12H2,(H2,22,32). The van der Waals surface area contributed by atoms with Crippen molar-refractivity contribution >= 4 is 57.6 Å². The molecular weight excluding hydrogens is 456 g/mol. The Morgan fingerprint density at radius 3 is 2.66 bits per heavy atom. The minimum absolute atomic E-state index is 0.0414. The number of nitrogens with zero attached hydrogens (tertiary/aromatic N) is 5.